The number of pyridine rings is 1. The lowest BCUT2D eigenvalue weighted by atomic mass is 10.1. The maximum absolute atomic E-state index is 12.3. The highest BCUT2D eigenvalue weighted by molar-refractivity contribution is 7.80. The van der Waals surface area contributed by atoms with E-state index in [1.54, 1.807) is 42.6 Å². The van der Waals surface area contributed by atoms with E-state index >= 15 is 0 Å². The number of benzene rings is 2. The fourth-order valence-electron chi connectivity index (χ4n) is 2.58. The maximum Gasteiger partial charge on any atom is 0.269 e. The van der Waals surface area contributed by atoms with Crippen molar-refractivity contribution >= 4 is 40.5 Å². The third-order valence-corrected chi connectivity index (χ3v) is 4.44. The molecule has 0 fully saturated rings. The molecule has 1 heterocycles. The zero-order valence-electron chi connectivity index (χ0n) is 16.3. The Morgan fingerprint density at radius 1 is 0.833 bits per heavy atom. The molecule has 0 aliphatic carbocycles. The van der Waals surface area contributed by atoms with Crippen molar-refractivity contribution in [2.75, 3.05) is 10.6 Å². The van der Waals surface area contributed by atoms with Crippen LogP contribution < -0.4 is 21.5 Å². The molecule has 0 radical (unpaired) electrons. The van der Waals surface area contributed by atoms with Gasteiger partial charge in [-0.3, -0.25) is 25.4 Å². The van der Waals surface area contributed by atoms with Crippen molar-refractivity contribution < 1.29 is 9.59 Å². The lowest BCUT2D eigenvalue weighted by molar-refractivity contribution is 0.0943. The average Bonchev–Trinajstić information content (AvgIpc) is 2.79. The molecule has 8 heteroatoms. The van der Waals surface area contributed by atoms with Gasteiger partial charge in [-0.1, -0.05) is 19.1 Å². The smallest absolute Gasteiger partial charge is 0.269 e. The molecule has 0 saturated heterocycles. The van der Waals surface area contributed by atoms with Crippen molar-refractivity contribution in [1.29, 1.82) is 0 Å². The number of amides is 2. The molecule has 0 spiro atoms. The van der Waals surface area contributed by atoms with Gasteiger partial charge in [0.25, 0.3) is 11.8 Å². The number of hydrogen-bond acceptors (Lipinski definition) is 4. The van der Waals surface area contributed by atoms with Gasteiger partial charge in [-0.25, -0.2) is 0 Å². The first kappa shape index (κ1) is 20.9. The largest absolute Gasteiger partial charge is 0.331 e. The number of nitrogens with zero attached hydrogens (tertiary/aromatic N) is 1. The molecule has 4 N–H and O–H groups in total. The topological polar surface area (TPSA) is 95.1 Å². The number of aromatic nitrogens is 1. The molecular weight excluding hydrogens is 398 g/mol. The van der Waals surface area contributed by atoms with Crippen LogP contribution in [0.3, 0.4) is 0 Å². The third kappa shape index (κ3) is 5.86. The van der Waals surface area contributed by atoms with E-state index in [2.05, 4.69) is 33.4 Å². The summed E-state index contributed by atoms with van der Waals surface area (Å²) in [5.41, 5.74) is 8.70. The summed E-state index contributed by atoms with van der Waals surface area (Å²) >= 11 is 5.19. The molecule has 0 atom stereocenters. The van der Waals surface area contributed by atoms with E-state index in [9.17, 15) is 9.59 Å². The van der Waals surface area contributed by atoms with Crippen molar-refractivity contribution in [3.05, 3.63) is 89.7 Å². The first-order valence-corrected chi connectivity index (χ1v) is 9.73. The number of hydrazine groups is 1. The number of carbonyl (C=O) groups is 2. The highest BCUT2D eigenvalue weighted by atomic mass is 32.1. The Labute approximate surface area is 179 Å². The van der Waals surface area contributed by atoms with Gasteiger partial charge >= 0.3 is 0 Å². The van der Waals surface area contributed by atoms with Crippen molar-refractivity contribution in [3.63, 3.8) is 0 Å². The van der Waals surface area contributed by atoms with E-state index in [-0.39, 0.29) is 16.9 Å². The molecule has 3 rings (SSSR count). The third-order valence-electron chi connectivity index (χ3n) is 4.24. The van der Waals surface area contributed by atoms with Gasteiger partial charge in [0.15, 0.2) is 5.11 Å². The van der Waals surface area contributed by atoms with Crippen molar-refractivity contribution in [1.82, 2.24) is 15.8 Å². The Balaban J connectivity index is 1.49. The predicted molar refractivity (Wildman–Crippen MR) is 121 cm³/mol. The number of carbonyl (C=O) groups excluding carboxylic acids is 2. The fraction of sp³-hybridized carbons (Fsp3) is 0.0909. The van der Waals surface area contributed by atoms with E-state index in [1.165, 1.54) is 11.8 Å². The van der Waals surface area contributed by atoms with E-state index in [1.807, 2.05) is 24.3 Å². The van der Waals surface area contributed by atoms with Crippen LogP contribution in [0.5, 0.6) is 0 Å². The average molecular weight is 420 g/mol. The van der Waals surface area contributed by atoms with Gasteiger partial charge in [0, 0.05) is 29.3 Å². The second kappa shape index (κ2) is 10.1. The van der Waals surface area contributed by atoms with E-state index in [0.29, 0.717) is 16.8 Å². The Morgan fingerprint density at radius 2 is 1.50 bits per heavy atom. The van der Waals surface area contributed by atoms with Gasteiger partial charge < -0.3 is 10.6 Å². The normalized spacial score (nSPS) is 10.0. The molecule has 0 unspecified atom stereocenters. The Kier molecular flexibility index (Phi) is 7.07. The molecule has 0 bridgehead atoms. The second-order valence-electron chi connectivity index (χ2n) is 6.36. The number of nitrogens with one attached hydrogen (secondary N) is 4. The van der Waals surface area contributed by atoms with Crippen LogP contribution in [0.4, 0.5) is 11.4 Å². The molecule has 2 amide bonds. The first-order valence-electron chi connectivity index (χ1n) is 9.33. The summed E-state index contributed by atoms with van der Waals surface area (Å²) < 4.78 is 0. The summed E-state index contributed by atoms with van der Waals surface area (Å²) in [5.74, 6) is -0.629. The monoisotopic (exact) mass is 419 g/mol. The Bertz CT molecular complexity index is 1020. The summed E-state index contributed by atoms with van der Waals surface area (Å²) in [6.07, 6.45) is 4.05. The minimum atomic E-state index is -0.356. The quantitative estimate of drug-likeness (QED) is 0.373. The molecule has 1 aromatic heterocycles. The number of rotatable bonds is 5. The van der Waals surface area contributed by atoms with E-state index in [4.69, 9.17) is 12.2 Å². The number of thiocarbonyl (C=S) groups is 1. The van der Waals surface area contributed by atoms with Crippen LogP contribution >= 0.6 is 12.2 Å². The molecule has 0 aliphatic heterocycles. The van der Waals surface area contributed by atoms with Crippen LogP contribution in [0.15, 0.2) is 73.1 Å². The van der Waals surface area contributed by atoms with Crippen LogP contribution in [-0.2, 0) is 6.42 Å². The molecule has 2 aromatic carbocycles. The number of aryl methyl sites for hydroxylation is 1. The summed E-state index contributed by atoms with van der Waals surface area (Å²) in [7, 11) is 0. The van der Waals surface area contributed by atoms with E-state index in [0.717, 1.165) is 12.1 Å². The zero-order chi connectivity index (χ0) is 21.3. The fourth-order valence-corrected chi connectivity index (χ4v) is 2.75. The Morgan fingerprint density at radius 3 is 2.13 bits per heavy atom. The highest BCUT2D eigenvalue weighted by Gasteiger charge is 2.09. The highest BCUT2D eigenvalue weighted by Crippen LogP contribution is 2.12. The SMILES string of the molecule is CCc1ccc(NC(=S)NNC(=O)c2ccc(NC(=O)c3cccnc3)cc2)cc1. The second-order valence-corrected chi connectivity index (χ2v) is 6.77. The van der Waals surface area contributed by atoms with E-state index < -0.39 is 0 Å². The first-order chi connectivity index (χ1) is 14.5. The minimum Gasteiger partial charge on any atom is -0.331 e. The van der Waals surface area contributed by atoms with Gasteiger partial charge in [0.05, 0.1) is 5.56 Å². The standard InChI is InChI=1S/C22H21N5O2S/c1-2-15-5-9-19(10-6-15)25-22(30)27-26-21(29)16-7-11-18(12-8-16)24-20(28)17-4-3-13-23-14-17/h3-14H,2H2,1H3,(H,24,28)(H,26,29)(H2,25,27,30). The summed E-state index contributed by atoms with van der Waals surface area (Å²) in [5, 5.41) is 6.02. The molecule has 0 aliphatic rings. The molecule has 0 saturated carbocycles. The van der Waals surface area contributed by atoms with Gasteiger partial charge in [-0.15, -0.1) is 0 Å². The zero-order valence-corrected chi connectivity index (χ0v) is 17.1. The van der Waals surface area contributed by atoms with Crippen LogP contribution in [0.2, 0.25) is 0 Å². The lowest BCUT2D eigenvalue weighted by Crippen LogP contribution is -2.43. The summed E-state index contributed by atoms with van der Waals surface area (Å²) in [6.45, 7) is 2.09. The summed E-state index contributed by atoms with van der Waals surface area (Å²) in [6, 6.07) is 17.7. The number of anilines is 2. The molecule has 3 aromatic rings. The summed E-state index contributed by atoms with van der Waals surface area (Å²) in [4.78, 5) is 28.3. The molecular formula is C22H21N5O2S. The van der Waals surface area contributed by atoms with Gasteiger partial charge in [-0.05, 0) is 72.7 Å². The maximum atomic E-state index is 12.3. The molecule has 30 heavy (non-hydrogen) atoms. The van der Waals surface area contributed by atoms with Gasteiger partial charge in [-0.2, -0.15) is 0 Å². The number of hydrogen-bond donors (Lipinski definition) is 4. The minimum absolute atomic E-state index is 0.271. The predicted octanol–water partition coefficient (Wildman–Crippen LogP) is 3.53. The molecule has 7 nitrogen and oxygen atoms in total. The van der Waals surface area contributed by atoms with Crippen LogP contribution in [0, 0.1) is 0 Å². The van der Waals surface area contributed by atoms with Crippen LogP contribution in [0.1, 0.15) is 33.2 Å². The van der Waals surface area contributed by atoms with Crippen LogP contribution in [0.25, 0.3) is 0 Å². The van der Waals surface area contributed by atoms with Gasteiger partial charge in [0.1, 0.15) is 0 Å². The lowest BCUT2D eigenvalue weighted by Gasteiger charge is -2.12. The molecule has 152 valence electrons. The van der Waals surface area contributed by atoms with Crippen molar-refractivity contribution in [3.8, 4) is 0 Å². The van der Waals surface area contributed by atoms with Gasteiger partial charge in [0.2, 0.25) is 0 Å². The van der Waals surface area contributed by atoms with Crippen molar-refractivity contribution in [2.45, 2.75) is 13.3 Å². The van der Waals surface area contributed by atoms with Crippen molar-refractivity contribution in [2.24, 2.45) is 0 Å². The van der Waals surface area contributed by atoms with Crippen LogP contribution in [-0.4, -0.2) is 21.9 Å². The Hall–Kier alpha value is -3.78.